The Morgan fingerprint density at radius 2 is 1.29 bits per heavy atom. The highest BCUT2D eigenvalue weighted by Crippen LogP contribution is 2.11. The van der Waals surface area contributed by atoms with E-state index >= 15 is 0 Å². The van der Waals surface area contributed by atoms with Crippen LogP contribution in [0.5, 0.6) is 0 Å². The standard InChI is InChI=1S/C16H26O/c1-2-3-4-5-8-15-10-12-16(13-11-15)9-6-7-14-17/h10-13,17H,2-9,14H2,1H3. The fraction of sp³-hybridized carbons (Fsp3) is 0.625. The topological polar surface area (TPSA) is 20.2 Å². The molecule has 1 nitrogen and oxygen atoms in total. The number of aliphatic hydroxyl groups excluding tert-OH is 1. The summed E-state index contributed by atoms with van der Waals surface area (Å²) in [6.45, 7) is 2.57. The summed E-state index contributed by atoms with van der Waals surface area (Å²) in [6.07, 6.45) is 9.66. The van der Waals surface area contributed by atoms with Gasteiger partial charge in [-0.05, 0) is 43.2 Å². The van der Waals surface area contributed by atoms with Crippen LogP contribution in [0, 0.1) is 0 Å². The van der Waals surface area contributed by atoms with Crippen LogP contribution >= 0.6 is 0 Å². The zero-order valence-corrected chi connectivity index (χ0v) is 11.1. The molecule has 1 rings (SSSR count). The second-order valence-electron chi connectivity index (χ2n) is 4.81. The van der Waals surface area contributed by atoms with Gasteiger partial charge in [-0.25, -0.2) is 0 Å². The van der Waals surface area contributed by atoms with Gasteiger partial charge in [-0.15, -0.1) is 0 Å². The minimum atomic E-state index is 0.315. The van der Waals surface area contributed by atoms with Gasteiger partial charge in [-0.1, -0.05) is 50.5 Å². The van der Waals surface area contributed by atoms with Crippen molar-refractivity contribution in [3.8, 4) is 0 Å². The lowest BCUT2D eigenvalue weighted by molar-refractivity contribution is 0.284. The van der Waals surface area contributed by atoms with Crippen molar-refractivity contribution in [1.82, 2.24) is 0 Å². The van der Waals surface area contributed by atoms with E-state index in [1.54, 1.807) is 0 Å². The molecular weight excluding hydrogens is 208 g/mol. The quantitative estimate of drug-likeness (QED) is 0.637. The van der Waals surface area contributed by atoms with Crippen molar-refractivity contribution in [2.75, 3.05) is 6.61 Å². The highest BCUT2D eigenvalue weighted by molar-refractivity contribution is 5.22. The van der Waals surface area contributed by atoms with Gasteiger partial charge >= 0.3 is 0 Å². The average molecular weight is 234 g/mol. The minimum absolute atomic E-state index is 0.315. The molecule has 0 heterocycles. The van der Waals surface area contributed by atoms with Gasteiger partial charge in [-0.2, -0.15) is 0 Å². The molecule has 0 amide bonds. The van der Waals surface area contributed by atoms with Crippen molar-refractivity contribution in [2.24, 2.45) is 0 Å². The van der Waals surface area contributed by atoms with Crippen LogP contribution in [0.1, 0.15) is 56.6 Å². The van der Waals surface area contributed by atoms with Crippen LogP contribution in [-0.4, -0.2) is 11.7 Å². The van der Waals surface area contributed by atoms with Gasteiger partial charge in [0.1, 0.15) is 0 Å². The summed E-state index contributed by atoms with van der Waals surface area (Å²) in [5.74, 6) is 0. The van der Waals surface area contributed by atoms with E-state index in [4.69, 9.17) is 5.11 Å². The Hall–Kier alpha value is -0.820. The van der Waals surface area contributed by atoms with E-state index < -0.39 is 0 Å². The van der Waals surface area contributed by atoms with E-state index in [1.165, 1.54) is 43.2 Å². The molecule has 0 aromatic heterocycles. The first-order chi connectivity index (χ1) is 8.36. The molecule has 0 saturated heterocycles. The van der Waals surface area contributed by atoms with Crippen LogP contribution in [0.2, 0.25) is 0 Å². The number of aryl methyl sites for hydroxylation is 2. The highest BCUT2D eigenvalue weighted by atomic mass is 16.2. The summed E-state index contributed by atoms with van der Waals surface area (Å²) in [7, 11) is 0. The van der Waals surface area contributed by atoms with E-state index in [1.807, 2.05) is 0 Å². The lowest BCUT2D eigenvalue weighted by atomic mass is 10.0. The normalized spacial score (nSPS) is 10.7. The van der Waals surface area contributed by atoms with Gasteiger partial charge in [0.2, 0.25) is 0 Å². The Kier molecular flexibility index (Phi) is 7.74. The van der Waals surface area contributed by atoms with Gasteiger partial charge in [0.25, 0.3) is 0 Å². The zero-order valence-electron chi connectivity index (χ0n) is 11.1. The first-order valence-electron chi connectivity index (χ1n) is 7.05. The maximum atomic E-state index is 8.73. The molecule has 0 aliphatic rings. The van der Waals surface area contributed by atoms with Crippen molar-refractivity contribution in [3.63, 3.8) is 0 Å². The van der Waals surface area contributed by atoms with Gasteiger partial charge in [0.05, 0.1) is 0 Å². The molecular formula is C16H26O. The van der Waals surface area contributed by atoms with Crippen LogP contribution < -0.4 is 0 Å². The Morgan fingerprint density at radius 1 is 0.765 bits per heavy atom. The van der Waals surface area contributed by atoms with Crippen LogP contribution in [0.3, 0.4) is 0 Å². The minimum Gasteiger partial charge on any atom is -0.396 e. The lowest BCUT2D eigenvalue weighted by Gasteiger charge is -2.04. The average Bonchev–Trinajstić information content (AvgIpc) is 2.37. The smallest absolute Gasteiger partial charge is 0.0431 e. The van der Waals surface area contributed by atoms with Crippen molar-refractivity contribution in [3.05, 3.63) is 35.4 Å². The van der Waals surface area contributed by atoms with Gasteiger partial charge < -0.3 is 5.11 Å². The number of hydrogen-bond acceptors (Lipinski definition) is 1. The molecule has 0 unspecified atom stereocenters. The molecule has 1 aromatic rings. The molecule has 1 N–H and O–H groups in total. The number of hydrogen-bond donors (Lipinski definition) is 1. The van der Waals surface area contributed by atoms with Crippen molar-refractivity contribution in [2.45, 2.75) is 58.3 Å². The summed E-state index contributed by atoms with van der Waals surface area (Å²) in [5, 5.41) is 8.73. The monoisotopic (exact) mass is 234 g/mol. The van der Waals surface area contributed by atoms with Crippen molar-refractivity contribution < 1.29 is 5.11 Å². The molecule has 0 spiro atoms. The molecule has 17 heavy (non-hydrogen) atoms. The predicted molar refractivity (Wildman–Crippen MR) is 74.3 cm³/mol. The van der Waals surface area contributed by atoms with Crippen LogP contribution in [0.15, 0.2) is 24.3 Å². The first kappa shape index (κ1) is 14.2. The van der Waals surface area contributed by atoms with E-state index in [2.05, 4.69) is 31.2 Å². The van der Waals surface area contributed by atoms with E-state index in [-0.39, 0.29) is 0 Å². The van der Waals surface area contributed by atoms with E-state index in [9.17, 15) is 0 Å². The Labute approximate surface area is 106 Å². The molecule has 0 aliphatic carbocycles. The molecule has 0 aliphatic heterocycles. The summed E-state index contributed by atoms with van der Waals surface area (Å²) in [5.41, 5.74) is 2.86. The van der Waals surface area contributed by atoms with Crippen LogP contribution in [-0.2, 0) is 12.8 Å². The van der Waals surface area contributed by atoms with Crippen LogP contribution in [0.25, 0.3) is 0 Å². The Morgan fingerprint density at radius 3 is 1.76 bits per heavy atom. The third-order valence-electron chi connectivity index (χ3n) is 3.22. The molecule has 0 bridgehead atoms. The third kappa shape index (κ3) is 6.48. The second kappa shape index (κ2) is 9.23. The molecule has 1 aromatic carbocycles. The molecule has 0 radical (unpaired) electrons. The van der Waals surface area contributed by atoms with E-state index in [0.717, 1.165) is 19.3 Å². The van der Waals surface area contributed by atoms with Crippen molar-refractivity contribution in [1.29, 1.82) is 0 Å². The summed E-state index contributed by atoms with van der Waals surface area (Å²) >= 11 is 0. The predicted octanol–water partition coefficient (Wildman–Crippen LogP) is 4.12. The molecule has 96 valence electrons. The summed E-state index contributed by atoms with van der Waals surface area (Å²) < 4.78 is 0. The Bertz CT molecular complexity index is 276. The lowest BCUT2D eigenvalue weighted by Crippen LogP contribution is -1.90. The first-order valence-corrected chi connectivity index (χ1v) is 7.05. The number of rotatable bonds is 9. The zero-order chi connectivity index (χ0) is 12.3. The number of benzene rings is 1. The molecule has 0 atom stereocenters. The Balaban J connectivity index is 2.24. The van der Waals surface area contributed by atoms with Crippen LogP contribution in [0.4, 0.5) is 0 Å². The maximum absolute atomic E-state index is 8.73. The van der Waals surface area contributed by atoms with Crippen molar-refractivity contribution >= 4 is 0 Å². The summed E-state index contributed by atoms with van der Waals surface area (Å²) in [6, 6.07) is 9.01. The fourth-order valence-electron chi connectivity index (χ4n) is 2.07. The largest absolute Gasteiger partial charge is 0.396 e. The van der Waals surface area contributed by atoms with Gasteiger partial charge in [0, 0.05) is 6.61 Å². The second-order valence-corrected chi connectivity index (χ2v) is 4.81. The molecule has 0 fully saturated rings. The van der Waals surface area contributed by atoms with E-state index in [0.29, 0.717) is 6.61 Å². The SMILES string of the molecule is CCCCCCc1ccc(CCCCO)cc1. The van der Waals surface area contributed by atoms with Gasteiger partial charge in [0.15, 0.2) is 0 Å². The fourth-order valence-corrected chi connectivity index (χ4v) is 2.07. The molecule has 0 saturated carbocycles. The highest BCUT2D eigenvalue weighted by Gasteiger charge is 1.96. The third-order valence-corrected chi connectivity index (χ3v) is 3.22. The number of aliphatic hydroxyl groups is 1. The number of unbranched alkanes of at least 4 members (excludes halogenated alkanes) is 4. The molecule has 1 heteroatoms. The summed E-state index contributed by atoms with van der Waals surface area (Å²) in [4.78, 5) is 0. The van der Waals surface area contributed by atoms with Gasteiger partial charge in [-0.3, -0.25) is 0 Å². The maximum Gasteiger partial charge on any atom is 0.0431 e.